The van der Waals surface area contributed by atoms with Gasteiger partial charge in [0.25, 0.3) is 0 Å². The monoisotopic (exact) mass is 400 g/mol. The lowest BCUT2D eigenvalue weighted by Crippen LogP contribution is -2.40. The maximum atomic E-state index is 12.5. The van der Waals surface area contributed by atoms with E-state index in [1.165, 1.54) is 12.1 Å². The van der Waals surface area contributed by atoms with E-state index in [2.05, 4.69) is 10.0 Å². The number of amides is 1. The lowest BCUT2D eigenvalue weighted by molar-refractivity contribution is -0.115. The molecule has 0 fully saturated rings. The molecule has 0 aliphatic rings. The van der Waals surface area contributed by atoms with Crippen LogP contribution >= 0.6 is 0 Å². The third-order valence-corrected chi connectivity index (χ3v) is 5.79. The van der Waals surface area contributed by atoms with Crippen molar-refractivity contribution in [2.24, 2.45) is 0 Å². The van der Waals surface area contributed by atoms with Crippen LogP contribution in [0.3, 0.4) is 0 Å². The summed E-state index contributed by atoms with van der Waals surface area (Å²) < 4.78 is 33.1. The molecule has 1 amide bonds. The van der Waals surface area contributed by atoms with E-state index in [-0.39, 0.29) is 17.2 Å². The Hall–Kier alpha value is -2.64. The van der Waals surface area contributed by atoms with Gasteiger partial charge in [0.1, 0.15) is 5.58 Å². The van der Waals surface area contributed by atoms with Gasteiger partial charge in [-0.25, -0.2) is 13.1 Å². The third-order valence-electron chi connectivity index (χ3n) is 4.03. The van der Waals surface area contributed by atoms with Crippen molar-refractivity contribution in [1.82, 2.24) is 4.72 Å². The second-order valence-corrected chi connectivity index (χ2v) is 9.55. The SMILES string of the molecule is Cc1ccc2c(CC(=O)Nc3cccc(S(=O)(=O)NC(C)(C)C)c3)coc2c1. The molecule has 7 heteroatoms. The fourth-order valence-electron chi connectivity index (χ4n) is 2.91. The van der Waals surface area contributed by atoms with Gasteiger partial charge in [0, 0.05) is 22.2 Å². The molecule has 6 nitrogen and oxygen atoms in total. The Morgan fingerprint density at radius 2 is 1.86 bits per heavy atom. The minimum atomic E-state index is -3.68. The average Bonchev–Trinajstić information content (AvgIpc) is 2.94. The van der Waals surface area contributed by atoms with Gasteiger partial charge in [-0.3, -0.25) is 4.79 Å². The summed E-state index contributed by atoms with van der Waals surface area (Å²) >= 11 is 0. The number of hydrogen-bond donors (Lipinski definition) is 2. The third kappa shape index (κ3) is 4.79. The smallest absolute Gasteiger partial charge is 0.241 e. The topological polar surface area (TPSA) is 88.4 Å². The van der Waals surface area contributed by atoms with Crippen LogP contribution in [0, 0.1) is 6.92 Å². The predicted octanol–water partition coefficient (Wildman–Crippen LogP) is 4.00. The van der Waals surface area contributed by atoms with Gasteiger partial charge < -0.3 is 9.73 Å². The molecule has 0 spiro atoms. The van der Waals surface area contributed by atoms with E-state index in [9.17, 15) is 13.2 Å². The van der Waals surface area contributed by atoms with Gasteiger partial charge in [-0.2, -0.15) is 0 Å². The predicted molar refractivity (Wildman–Crippen MR) is 110 cm³/mol. The molecule has 1 heterocycles. The lowest BCUT2D eigenvalue weighted by Gasteiger charge is -2.20. The number of nitrogens with one attached hydrogen (secondary N) is 2. The van der Waals surface area contributed by atoms with Crippen LogP contribution in [-0.4, -0.2) is 19.9 Å². The quantitative estimate of drug-likeness (QED) is 0.678. The Kier molecular flexibility index (Phi) is 5.32. The van der Waals surface area contributed by atoms with Crippen LogP contribution in [-0.2, 0) is 21.2 Å². The van der Waals surface area contributed by atoms with Crippen molar-refractivity contribution >= 4 is 32.6 Å². The van der Waals surface area contributed by atoms with Crippen LogP contribution in [0.25, 0.3) is 11.0 Å². The number of furan rings is 1. The largest absolute Gasteiger partial charge is 0.464 e. The number of anilines is 1. The van der Waals surface area contributed by atoms with E-state index in [0.717, 1.165) is 22.1 Å². The van der Waals surface area contributed by atoms with E-state index in [1.807, 2.05) is 25.1 Å². The van der Waals surface area contributed by atoms with Gasteiger partial charge in [0.15, 0.2) is 0 Å². The second-order valence-electron chi connectivity index (χ2n) is 7.87. The molecular formula is C21H24N2O4S. The number of carbonyl (C=O) groups excluding carboxylic acids is 1. The van der Waals surface area contributed by atoms with Crippen molar-refractivity contribution in [1.29, 1.82) is 0 Å². The molecule has 0 radical (unpaired) electrons. The maximum Gasteiger partial charge on any atom is 0.241 e. The number of carbonyl (C=O) groups is 1. The Bertz CT molecular complexity index is 1120. The summed E-state index contributed by atoms with van der Waals surface area (Å²) in [6.07, 6.45) is 1.71. The first-order valence-electron chi connectivity index (χ1n) is 8.94. The zero-order chi connectivity index (χ0) is 20.5. The second kappa shape index (κ2) is 7.41. The number of sulfonamides is 1. The van der Waals surface area contributed by atoms with Crippen LogP contribution in [0.1, 0.15) is 31.9 Å². The molecule has 2 aromatic carbocycles. The molecule has 2 N–H and O–H groups in total. The van der Waals surface area contributed by atoms with Gasteiger partial charge in [0.05, 0.1) is 17.6 Å². The average molecular weight is 401 g/mol. The lowest BCUT2D eigenvalue weighted by atomic mass is 10.1. The zero-order valence-electron chi connectivity index (χ0n) is 16.4. The van der Waals surface area contributed by atoms with Crippen LogP contribution in [0.5, 0.6) is 0 Å². The van der Waals surface area contributed by atoms with Crippen molar-refractivity contribution in [3.8, 4) is 0 Å². The Morgan fingerprint density at radius 1 is 1.11 bits per heavy atom. The molecule has 148 valence electrons. The van der Waals surface area contributed by atoms with E-state index in [0.29, 0.717) is 5.69 Å². The van der Waals surface area contributed by atoms with Crippen molar-refractivity contribution in [2.75, 3.05) is 5.32 Å². The minimum Gasteiger partial charge on any atom is -0.464 e. The van der Waals surface area contributed by atoms with Crippen molar-refractivity contribution in [3.05, 3.63) is 59.9 Å². The van der Waals surface area contributed by atoms with Crippen LogP contribution in [0.15, 0.2) is 58.0 Å². The molecule has 0 saturated heterocycles. The Balaban J connectivity index is 1.75. The fourth-order valence-corrected chi connectivity index (χ4v) is 4.37. The zero-order valence-corrected chi connectivity index (χ0v) is 17.2. The van der Waals surface area contributed by atoms with Crippen LogP contribution in [0.4, 0.5) is 5.69 Å². The van der Waals surface area contributed by atoms with Gasteiger partial charge >= 0.3 is 0 Å². The highest BCUT2D eigenvalue weighted by atomic mass is 32.2. The highest BCUT2D eigenvalue weighted by molar-refractivity contribution is 7.89. The Morgan fingerprint density at radius 3 is 2.57 bits per heavy atom. The molecule has 0 unspecified atom stereocenters. The van der Waals surface area contributed by atoms with Gasteiger partial charge in [-0.15, -0.1) is 0 Å². The molecule has 0 saturated carbocycles. The highest BCUT2D eigenvalue weighted by Gasteiger charge is 2.22. The van der Waals surface area contributed by atoms with Crippen LogP contribution < -0.4 is 10.0 Å². The summed E-state index contributed by atoms with van der Waals surface area (Å²) in [5.74, 6) is -0.249. The molecule has 0 aliphatic carbocycles. The summed E-state index contributed by atoms with van der Waals surface area (Å²) in [7, 11) is -3.68. The first-order valence-corrected chi connectivity index (χ1v) is 10.4. The molecule has 3 aromatic rings. The summed E-state index contributed by atoms with van der Waals surface area (Å²) in [6, 6.07) is 12.0. The van der Waals surface area contributed by atoms with Gasteiger partial charge in [0.2, 0.25) is 15.9 Å². The molecule has 3 rings (SSSR count). The van der Waals surface area contributed by atoms with E-state index in [1.54, 1.807) is 39.2 Å². The first-order chi connectivity index (χ1) is 13.0. The minimum absolute atomic E-state index is 0.101. The normalized spacial score (nSPS) is 12.3. The Labute approximate surface area is 165 Å². The van der Waals surface area contributed by atoms with Gasteiger partial charge in [-0.1, -0.05) is 18.2 Å². The standard InChI is InChI=1S/C21H24N2O4S/c1-14-8-9-18-15(13-27-19(18)10-14)11-20(24)22-16-6-5-7-17(12-16)28(25,26)23-21(2,3)4/h5-10,12-13,23H,11H2,1-4H3,(H,22,24). The van der Waals surface area contributed by atoms with E-state index in [4.69, 9.17) is 4.42 Å². The van der Waals surface area contributed by atoms with Crippen molar-refractivity contribution in [3.63, 3.8) is 0 Å². The van der Waals surface area contributed by atoms with Crippen molar-refractivity contribution < 1.29 is 17.6 Å². The summed E-state index contributed by atoms with van der Waals surface area (Å²) in [5, 5.41) is 3.65. The van der Waals surface area contributed by atoms with Gasteiger partial charge in [-0.05, 0) is 57.5 Å². The number of fused-ring (bicyclic) bond motifs is 1. The summed E-state index contributed by atoms with van der Waals surface area (Å²) in [4.78, 5) is 12.6. The van der Waals surface area contributed by atoms with Crippen molar-refractivity contribution in [2.45, 2.75) is 44.6 Å². The highest BCUT2D eigenvalue weighted by Crippen LogP contribution is 2.23. The number of aryl methyl sites for hydroxylation is 1. The molecule has 0 atom stereocenters. The number of hydrogen-bond acceptors (Lipinski definition) is 4. The van der Waals surface area contributed by atoms with Crippen LogP contribution in [0.2, 0.25) is 0 Å². The molecule has 0 aliphatic heterocycles. The molecule has 1 aromatic heterocycles. The summed E-state index contributed by atoms with van der Waals surface area (Å²) in [6.45, 7) is 7.29. The molecular weight excluding hydrogens is 376 g/mol. The summed E-state index contributed by atoms with van der Waals surface area (Å²) in [5.41, 5.74) is 2.43. The molecule has 28 heavy (non-hydrogen) atoms. The van der Waals surface area contributed by atoms with E-state index >= 15 is 0 Å². The first kappa shape index (κ1) is 20.1. The maximum absolute atomic E-state index is 12.5. The fraction of sp³-hybridized carbons (Fsp3) is 0.286. The van der Waals surface area contributed by atoms with E-state index < -0.39 is 15.6 Å². The number of benzene rings is 2. The molecule has 0 bridgehead atoms. The number of rotatable bonds is 5.